The molecule has 0 aliphatic heterocycles. The Morgan fingerprint density at radius 3 is 2.79 bits per heavy atom. The zero-order chi connectivity index (χ0) is 16.9. The lowest BCUT2D eigenvalue weighted by Crippen LogP contribution is -2.06. The Hall–Kier alpha value is -2.27. The van der Waals surface area contributed by atoms with Crippen LogP contribution in [0.15, 0.2) is 60.4 Å². The van der Waals surface area contributed by atoms with Gasteiger partial charge in [0.15, 0.2) is 5.16 Å². The van der Waals surface area contributed by atoms with E-state index in [-0.39, 0.29) is 0 Å². The van der Waals surface area contributed by atoms with E-state index in [9.17, 15) is 0 Å². The second kappa shape index (κ2) is 7.53. The molecule has 2 heterocycles. The molecule has 0 fully saturated rings. The average Bonchev–Trinajstić information content (AvgIpc) is 3.14. The van der Waals surface area contributed by atoms with E-state index in [4.69, 9.17) is 0 Å². The van der Waals surface area contributed by atoms with Gasteiger partial charge in [-0.1, -0.05) is 47.7 Å². The summed E-state index contributed by atoms with van der Waals surface area (Å²) in [7, 11) is 2.05. The van der Waals surface area contributed by atoms with E-state index in [1.165, 1.54) is 16.8 Å². The van der Waals surface area contributed by atoms with Crippen molar-refractivity contribution in [1.82, 2.24) is 19.3 Å². The van der Waals surface area contributed by atoms with Gasteiger partial charge in [-0.2, -0.15) is 0 Å². The molecule has 0 saturated carbocycles. The van der Waals surface area contributed by atoms with Crippen molar-refractivity contribution in [1.29, 1.82) is 0 Å². The van der Waals surface area contributed by atoms with E-state index in [2.05, 4.69) is 82.5 Å². The van der Waals surface area contributed by atoms with Crippen LogP contribution in [0, 0.1) is 6.92 Å². The number of thioether (sulfide) groups is 1. The Balaban J connectivity index is 1.78. The van der Waals surface area contributed by atoms with Crippen molar-refractivity contribution in [3.05, 3.63) is 77.9 Å². The highest BCUT2D eigenvalue weighted by Gasteiger charge is 2.13. The number of aromatic nitrogens is 4. The van der Waals surface area contributed by atoms with Gasteiger partial charge in [0.05, 0.1) is 0 Å². The van der Waals surface area contributed by atoms with Crippen LogP contribution in [0.25, 0.3) is 0 Å². The lowest BCUT2D eigenvalue weighted by Gasteiger charge is -2.08. The van der Waals surface area contributed by atoms with E-state index in [1.54, 1.807) is 11.8 Å². The standard InChI is InChI=1S/C19H22N4S/c1-4-10-23-18(13-17-9-6-11-22(17)3)20-21-19(23)24-14-16-8-5-7-15(2)12-16/h4-9,11-12H,1,10,13-14H2,2-3H3. The van der Waals surface area contributed by atoms with Crippen molar-refractivity contribution < 1.29 is 0 Å². The molecular weight excluding hydrogens is 316 g/mol. The Bertz CT molecular complexity index is 832. The zero-order valence-electron chi connectivity index (χ0n) is 14.1. The van der Waals surface area contributed by atoms with Gasteiger partial charge < -0.3 is 9.13 Å². The number of aryl methyl sites for hydroxylation is 2. The average molecular weight is 338 g/mol. The number of hydrogen-bond donors (Lipinski definition) is 0. The van der Waals surface area contributed by atoms with Crippen molar-refractivity contribution in [3.63, 3.8) is 0 Å². The molecule has 0 bridgehead atoms. The summed E-state index contributed by atoms with van der Waals surface area (Å²) in [5.41, 5.74) is 3.81. The molecule has 0 amide bonds. The fourth-order valence-electron chi connectivity index (χ4n) is 2.66. The molecule has 0 spiro atoms. The molecule has 0 N–H and O–H groups in total. The van der Waals surface area contributed by atoms with Crippen molar-refractivity contribution in [2.75, 3.05) is 0 Å². The molecule has 3 rings (SSSR count). The SMILES string of the molecule is C=CCn1c(Cc2cccn2C)nnc1SCc1cccc(C)c1. The predicted molar refractivity (Wildman–Crippen MR) is 99.2 cm³/mol. The van der Waals surface area contributed by atoms with E-state index < -0.39 is 0 Å². The number of allylic oxidation sites excluding steroid dienone is 1. The van der Waals surface area contributed by atoms with Gasteiger partial charge in [-0.15, -0.1) is 16.8 Å². The minimum Gasteiger partial charge on any atom is -0.354 e. The van der Waals surface area contributed by atoms with Gasteiger partial charge in [0.1, 0.15) is 5.82 Å². The molecule has 0 atom stereocenters. The number of nitrogens with zero attached hydrogens (tertiary/aromatic N) is 4. The van der Waals surface area contributed by atoms with Gasteiger partial charge in [0, 0.05) is 37.7 Å². The first-order valence-electron chi connectivity index (χ1n) is 7.99. The van der Waals surface area contributed by atoms with E-state index >= 15 is 0 Å². The highest BCUT2D eigenvalue weighted by Crippen LogP contribution is 2.23. The molecule has 0 aliphatic rings. The van der Waals surface area contributed by atoms with Gasteiger partial charge in [-0.25, -0.2) is 0 Å². The highest BCUT2D eigenvalue weighted by atomic mass is 32.2. The van der Waals surface area contributed by atoms with Crippen LogP contribution >= 0.6 is 11.8 Å². The van der Waals surface area contributed by atoms with Crippen molar-refractivity contribution in [2.45, 2.75) is 30.8 Å². The highest BCUT2D eigenvalue weighted by molar-refractivity contribution is 7.98. The van der Waals surface area contributed by atoms with Gasteiger partial charge in [-0.05, 0) is 24.6 Å². The first-order chi connectivity index (χ1) is 11.7. The van der Waals surface area contributed by atoms with Crippen LogP contribution in [-0.4, -0.2) is 19.3 Å². The monoisotopic (exact) mass is 338 g/mol. The smallest absolute Gasteiger partial charge is 0.191 e. The lowest BCUT2D eigenvalue weighted by molar-refractivity contribution is 0.681. The lowest BCUT2D eigenvalue weighted by atomic mass is 10.2. The van der Waals surface area contributed by atoms with E-state index in [0.717, 1.165) is 29.7 Å². The Kier molecular flexibility index (Phi) is 5.20. The summed E-state index contributed by atoms with van der Waals surface area (Å²) >= 11 is 1.72. The molecule has 24 heavy (non-hydrogen) atoms. The third kappa shape index (κ3) is 3.79. The van der Waals surface area contributed by atoms with Crippen LogP contribution in [0.3, 0.4) is 0 Å². The van der Waals surface area contributed by atoms with Crippen LogP contribution in [0.1, 0.15) is 22.6 Å². The minimum atomic E-state index is 0.725. The molecule has 0 saturated heterocycles. The predicted octanol–water partition coefficient (Wildman–Crippen LogP) is 3.99. The summed E-state index contributed by atoms with van der Waals surface area (Å²) in [6.45, 7) is 6.71. The maximum absolute atomic E-state index is 4.41. The summed E-state index contributed by atoms with van der Waals surface area (Å²) < 4.78 is 4.27. The molecule has 2 aromatic heterocycles. The van der Waals surface area contributed by atoms with Gasteiger partial charge in [-0.3, -0.25) is 0 Å². The van der Waals surface area contributed by atoms with Crippen LogP contribution in [0.4, 0.5) is 0 Å². The number of rotatable bonds is 7. The second-order valence-corrected chi connectivity index (χ2v) is 6.81. The molecule has 1 aromatic carbocycles. The summed E-state index contributed by atoms with van der Waals surface area (Å²) in [5.74, 6) is 1.87. The fourth-order valence-corrected chi connectivity index (χ4v) is 3.57. The second-order valence-electron chi connectivity index (χ2n) is 5.86. The van der Waals surface area contributed by atoms with Gasteiger partial charge in [0.25, 0.3) is 0 Å². The largest absolute Gasteiger partial charge is 0.354 e. The first kappa shape index (κ1) is 16.6. The van der Waals surface area contributed by atoms with E-state index in [0.29, 0.717) is 0 Å². The Morgan fingerprint density at radius 2 is 2.08 bits per heavy atom. The topological polar surface area (TPSA) is 35.6 Å². The maximum atomic E-state index is 4.41. The molecule has 0 aliphatic carbocycles. The third-order valence-electron chi connectivity index (χ3n) is 3.95. The van der Waals surface area contributed by atoms with E-state index in [1.807, 2.05) is 6.08 Å². The quantitative estimate of drug-likeness (QED) is 0.483. The summed E-state index contributed by atoms with van der Waals surface area (Å²) in [6, 6.07) is 12.8. The van der Waals surface area contributed by atoms with Crippen LogP contribution < -0.4 is 0 Å². The molecule has 5 heteroatoms. The normalized spacial score (nSPS) is 10.9. The number of benzene rings is 1. The van der Waals surface area contributed by atoms with Crippen LogP contribution in [0.5, 0.6) is 0 Å². The zero-order valence-corrected chi connectivity index (χ0v) is 15.0. The van der Waals surface area contributed by atoms with Crippen LogP contribution in [-0.2, 0) is 25.8 Å². The summed E-state index contributed by atoms with van der Waals surface area (Å²) in [4.78, 5) is 0. The van der Waals surface area contributed by atoms with Crippen molar-refractivity contribution in [3.8, 4) is 0 Å². The molecule has 0 radical (unpaired) electrons. The summed E-state index contributed by atoms with van der Waals surface area (Å²) in [5, 5.41) is 9.76. The van der Waals surface area contributed by atoms with Gasteiger partial charge in [0.2, 0.25) is 0 Å². The van der Waals surface area contributed by atoms with Gasteiger partial charge >= 0.3 is 0 Å². The Morgan fingerprint density at radius 1 is 1.21 bits per heavy atom. The maximum Gasteiger partial charge on any atom is 0.191 e. The fraction of sp³-hybridized carbons (Fsp3) is 0.263. The first-order valence-corrected chi connectivity index (χ1v) is 8.97. The third-order valence-corrected chi connectivity index (χ3v) is 4.98. The minimum absolute atomic E-state index is 0.725. The van der Waals surface area contributed by atoms with Crippen LogP contribution in [0.2, 0.25) is 0 Å². The molecule has 124 valence electrons. The summed E-state index contributed by atoms with van der Waals surface area (Å²) in [6.07, 6.45) is 4.72. The molecule has 0 unspecified atom stereocenters. The molecular formula is C19H22N4S. The molecule has 3 aromatic rings. The molecule has 4 nitrogen and oxygen atoms in total. The van der Waals surface area contributed by atoms with Crippen molar-refractivity contribution >= 4 is 11.8 Å². The Labute approximate surface area is 147 Å². The number of hydrogen-bond acceptors (Lipinski definition) is 3. The van der Waals surface area contributed by atoms with Crippen molar-refractivity contribution in [2.24, 2.45) is 7.05 Å².